The van der Waals surface area contributed by atoms with Crippen LogP contribution in [0.5, 0.6) is 0 Å². The van der Waals surface area contributed by atoms with Crippen LogP contribution in [0.25, 0.3) is 0 Å². The first kappa shape index (κ1) is 11.7. The van der Waals surface area contributed by atoms with E-state index in [0.717, 1.165) is 24.4 Å². The Morgan fingerprint density at radius 2 is 2.25 bits per heavy atom. The summed E-state index contributed by atoms with van der Waals surface area (Å²) in [6.07, 6.45) is 5.95. The summed E-state index contributed by atoms with van der Waals surface area (Å²) < 4.78 is 11.9. The molecule has 0 aromatic carbocycles. The molecule has 2 heterocycles. The molecule has 0 bridgehead atoms. The highest BCUT2D eigenvalue weighted by molar-refractivity contribution is 7.84. The second-order valence-corrected chi connectivity index (χ2v) is 5.82. The number of piperidine rings is 1. The highest BCUT2D eigenvalue weighted by Gasteiger charge is 2.15. The summed E-state index contributed by atoms with van der Waals surface area (Å²) in [5, 5.41) is 3.36. The number of pyridine rings is 1. The third kappa shape index (κ3) is 3.68. The fraction of sp³-hybridized carbons (Fsp3) is 0.583. The Hall–Kier alpha value is -0.740. The first-order valence-electron chi connectivity index (χ1n) is 5.79. The van der Waals surface area contributed by atoms with E-state index in [2.05, 4.69) is 10.3 Å². The average molecular weight is 238 g/mol. The maximum Gasteiger partial charge on any atom is 0.0486 e. The molecule has 0 amide bonds. The lowest BCUT2D eigenvalue weighted by molar-refractivity contribution is 0.408. The van der Waals surface area contributed by atoms with Gasteiger partial charge in [-0.15, -0.1) is 0 Å². The monoisotopic (exact) mass is 238 g/mol. The van der Waals surface area contributed by atoms with Gasteiger partial charge in [0.15, 0.2) is 0 Å². The van der Waals surface area contributed by atoms with Crippen molar-refractivity contribution in [1.29, 1.82) is 0 Å². The number of nitrogens with zero attached hydrogens (tertiary/aromatic N) is 1. The normalized spacial score (nSPS) is 22.9. The number of nitrogens with one attached hydrogen (secondary N) is 1. The largest absolute Gasteiger partial charge is 0.316 e. The molecule has 88 valence electrons. The van der Waals surface area contributed by atoms with Crippen molar-refractivity contribution in [1.82, 2.24) is 10.3 Å². The lowest BCUT2D eigenvalue weighted by atomic mass is 10.0. The highest BCUT2D eigenvalue weighted by Crippen LogP contribution is 2.13. The van der Waals surface area contributed by atoms with E-state index < -0.39 is 10.8 Å². The van der Waals surface area contributed by atoms with E-state index in [4.69, 9.17) is 0 Å². The molecule has 16 heavy (non-hydrogen) atoms. The molecule has 1 N–H and O–H groups in total. The third-order valence-electron chi connectivity index (χ3n) is 2.90. The molecule has 0 radical (unpaired) electrons. The lowest BCUT2D eigenvalue weighted by Crippen LogP contribution is -2.32. The maximum atomic E-state index is 11.9. The Morgan fingerprint density at radius 3 is 2.94 bits per heavy atom. The SMILES string of the molecule is O=S(Cc1ccncc1)CC1CCCNC1. The molecule has 1 fully saturated rings. The molecule has 1 aliphatic rings. The summed E-state index contributed by atoms with van der Waals surface area (Å²) in [6, 6.07) is 3.88. The standard InChI is InChI=1S/C12H18N2OS/c15-16(9-11-3-6-13-7-4-11)10-12-2-1-5-14-8-12/h3-4,6-7,12,14H,1-2,5,8-10H2. The summed E-state index contributed by atoms with van der Waals surface area (Å²) in [5.41, 5.74) is 1.12. The van der Waals surface area contributed by atoms with Crippen LogP contribution in [0.3, 0.4) is 0 Å². The van der Waals surface area contributed by atoms with Crippen LogP contribution in [-0.4, -0.2) is 28.0 Å². The minimum atomic E-state index is -0.736. The Kier molecular flexibility index (Phi) is 4.48. The molecule has 0 aliphatic carbocycles. The van der Waals surface area contributed by atoms with Gasteiger partial charge < -0.3 is 5.32 Å². The minimum Gasteiger partial charge on any atom is -0.316 e. The number of aromatic nitrogens is 1. The van der Waals surface area contributed by atoms with E-state index in [9.17, 15) is 4.21 Å². The van der Waals surface area contributed by atoms with E-state index in [1.54, 1.807) is 12.4 Å². The summed E-state index contributed by atoms with van der Waals surface area (Å²) in [4.78, 5) is 3.96. The van der Waals surface area contributed by atoms with Crippen LogP contribution in [0.2, 0.25) is 0 Å². The van der Waals surface area contributed by atoms with Gasteiger partial charge in [-0.05, 0) is 49.5 Å². The van der Waals surface area contributed by atoms with E-state index >= 15 is 0 Å². The Balaban J connectivity index is 1.80. The molecule has 1 aromatic heterocycles. The van der Waals surface area contributed by atoms with Crippen LogP contribution >= 0.6 is 0 Å². The van der Waals surface area contributed by atoms with Crippen molar-refractivity contribution in [3.05, 3.63) is 30.1 Å². The fourth-order valence-corrected chi connectivity index (χ4v) is 3.55. The number of rotatable bonds is 4. The fourth-order valence-electron chi connectivity index (χ4n) is 2.05. The summed E-state index contributed by atoms with van der Waals surface area (Å²) >= 11 is 0. The number of hydrogen-bond acceptors (Lipinski definition) is 3. The molecule has 0 saturated carbocycles. The lowest BCUT2D eigenvalue weighted by Gasteiger charge is -2.22. The van der Waals surface area contributed by atoms with Gasteiger partial charge in [-0.1, -0.05) is 0 Å². The molecule has 2 unspecified atom stereocenters. The van der Waals surface area contributed by atoms with E-state index in [0.29, 0.717) is 11.7 Å². The molecule has 3 nitrogen and oxygen atoms in total. The second kappa shape index (κ2) is 6.11. The minimum absolute atomic E-state index is 0.594. The average Bonchev–Trinajstić information content (AvgIpc) is 2.31. The maximum absolute atomic E-state index is 11.9. The van der Waals surface area contributed by atoms with Crippen LogP contribution in [0.15, 0.2) is 24.5 Å². The molecule has 1 saturated heterocycles. The smallest absolute Gasteiger partial charge is 0.0486 e. The summed E-state index contributed by atoms with van der Waals surface area (Å²) in [7, 11) is -0.736. The van der Waals surface area contributed by atoms with Crippen LogP contribution in [-0.2, 0) is 16.6 Å². The zero-order valence-electron chi connectivity index (χ0n) is 9.39. The van der Waals surface area contributed by atoms with Crippen molar-refractivity contribution in [2.24, 2.45) is 5.92 Å². The van der Waals surface area contributed by atoms with Crippen molar-refractivity contribution in [2.45, 2.75) is 18.6 Å². The van der Waals surface area contributed by atoms with Gasteiger partial charge in [-0.2, -0.15) is 0 Å². The summed E-state index contributed by atoms with van der Waals surface area (Å²) in [6.45, 7) is 2.15. The van der Waals surface area contributed by atoms with Gasteiger partial charge in [0.2, 0.25) is 0 Å². The molecule has 1 aromatic rings. The molecule has 1 aliphatic heterocycles. The van der Waals surface area contributed by atoms with Gasteiger partial charge in [0, 0.05) is 34.7 Å². The Morgan fingerprint density at radius 1 is 1.44 bits per heavy atom. The van der Waals surface area contributed by atoms with Crippen molar-refractivity contribution < 1.29 is 4.21 Å². The van der Waals surface area contributed by atoms with Crippen molar-refractivity contribution >= 4 is 10.8 Å². The molecule has 2 rings (SSSR count). The zero-order chi connectivity index (χ0) is 11.2. The first-order valence-corrected chi connectivity index (χ1v) is 7.28. The highest BCUT2D eigenvalue weighted by atomic mass is 32.2. The van der Waals surface area contributed by atoms with Crippen molar-refractivity contribution in [3.63, 3.8) is 0 Å². The van der Waals surface area contributed by atoms with E-state index in [1.807, 2.05) is 12.1 Å². The van der Waals surface area contributed by atoms with Crippen LogP contribution < -0.4 is 5.32 Å². The molecular formula is C12H18N2OS. The Labute approximate surface area is 99.1 Å². The van der Waals surface area contributed by atoms with Gasteiger partial charge in [0.05, 0.1) is 0 Å². The molecular weight excluding hydrogens is 220 g/mol. The van der Waals surface area contributed by atoms with Gasteiger partial charge in [-0.25, -0.2) is 0 Å². The van der Waals surface area contributed by atoms with Crippen molar-refractivity contribution in [2.75, 3.05) is 18.8 Å². The second-order valence-electron chi connectivity index (χ2n) is 4.32. The van der Waals surface area contributed by atoms with Gasteiger partial charge >= 0.3 is 0 Å². The van der Waals surface area contributed by atoms with Crippen LogP contribution in [0.1, 0.15) is 18.4 Å². The molecule has 2 atom stereocenters. The van der Waals surface area contributed by atoms with Gasteiger partial charge in [-0.3, -0.25) is 9.19 Å². The molecule has 0 spiro atoms. The first-order chi connectivity index (χ1) is 7.84. The zero-order valence-corrected chi connectivity index (χ0v) is 10.2. The topological polar surface area (TPSA) is 42.0 Å². The predicted octanol–water partition coefficient (Wildman–Crippen LogP) is 1.33. The van der Waals surface area contributed by atoms with Gasteiger partial charge in [0.25, 0.3) is 0 Å². The summed E-state index contributed by atoms with van der Waals surface area (Å²) in [5.74, 6) is 2.09. The van der Waals surface area contributed by atoms with Crippen LogP contribution in [0, 0.1) is 5.92 Å². The quantitative estimate of drug-likeness (QED) is 0.860. The number of hydrogen-bond donors (Lipinski definition) is 1. The predicted molar refractivity (Wildman–Crippen MR) is 66.5 cm³/mol. The van der Waals surface area contributed by atoms with Crippen LogP contribution in [0.4, 0.5) is 0 Å². The Bertz CT molecular complexity index is 336. The third-order valence-corrected chi connectivity index (χ3v) is 4.40. The van der Waals surface area contributed by atoms with E-state index in [1.165, 1.54) is 12.8 Å². The van der Waals surface area contributed by atoms with Gasteiger partial charge in [0.1, 0.15) is 0 Å². The van der Waals surface area contributed by atoms with E-state index in [-0.39, 0.29) is 0 Å². The molecule has 4 heteroatoms. The van der Waals surface area contributed by atoms with Crippen molar-refractivity contribution in [3.8, 4) is 0 Å².